The lowest BCUT2D eigenvalue weighted by molar-refractivity contribution is -0.119. The summed E-state index contributed by atoms with van der Waals surface area (Å²) < 4.78 is 0. The fraction of sp³-hybridized carbons (Fsp3) is 0.500. The van der Waals surface area contributed by atoms with Crippen LogP contribution in [-0.4, -0.2) is 19.5 Å². The fourth-order valence-electron chi connectivity index (χ4n) is 1.78. The van der Waals surface area contributed by atoms with Crippen molar-refractivity contribution in [2.75, 3.05) is 18.9 Å². The standard InChI is InChI=1S/C14H22N2O/c1-4-7-12-8-5-6-9-13(12)16-14(17)11(2)10-15-3/h5-6,8-9,11,15H,4,7,10H2,1-3H3,(H,16,17). The quantitative estimate of drug-likeness (QED) is 0.793. The molecule has 0 aliphatic heterocycles. The summed E-state index contributed by atoms with van der Waals surface area (Å²) in [5.41, 5.74) is 2.15. The molecule has 3 nitrogen and oxygen atoms in total. The van der Waals surface area contributed by atoms with Gasteiger partial charge in [-0.15, -0.1) is 0 Å². The minimum absolute atomic E-state index is 0.0188. The zero-order valence-corrected chi connectivity index (χ0v) is 10.9. The van der Waals surface area contributed by atoms with Gasteiger partial charge in [-0.2, -0.15) is 0 Å². The molecule has 1 atom stereocenters. The van der Waals surface area contributed by atoms with Crippen LogP contribution in [0, 0.1) is 5.92 Å². The summed E-state index contributed by atoms with van der Waals surface area (Å²) in [6, 6.07) is 8.01. The number of aryl methyl sites for hydroxylation is 1. The van der Waals surface area contributed by atoms with Gasteiger partial charge >= 0.3 is 0 Å². The lowest BCUT2D eigenvalue weighted by atomic mass is 10.1. The average Bonchev–Trinajstić information content (AvgIpc) is 2.32. The van der Waals surface area contributed by atoms with E-state index in [2.05, 4.69) is 23.6 Å². The third kappa shape index (κ3) is 4.19. The SMILES string of the molecule is CCCc1ccccc1NC(=O)C(C)CNC. The molecule has 0 spiro atoms. The summed E-state index contributed by atoms with van der Waals surface area (Å²) in [7, 11) is 1.86. The van der Waals surface area contributed by atoms with Gasteiger partial charge in [-0.3, -0.25) is 4.79 Å². The first-order valence-electron chi connectivity index (χ1n) is 6.22. The van der Waals surface area contributed by atoms with Crippen molar-refractivity contribution in [3.8, 4) is 0 Å². The number of para-hydroxylation sites is 1. The van der Waals surface area contributed by atoms with Crippen molar-refractivity contribution < 1.29 is 4.79 Å². The highest BCUT2D eigenvalue weighted by atomic mass is 16.1. The van der Waals surface area contributed by atoms with E-state index < -0.39 is 0 Å². The molecule has 0 bridgehead atoms. The highest BCUT2D eigenvalue weighted by Crippen LogP contribution is 2.17. The third-order valence-corrected chi connectivity index (χ3v) is 2.75. The van der Waals surface area contributed by atoms with Crippen LogP contribution in [-0.2, 0) is 11.2 Å². The van der Waals surface area contributed by atoms with Crippen LogP contribution in [0.5, 0.6) is 0 Å². The number of benzene rings is 1. The van der Waals surface area contributed by atoms with Crippen LogP contribution in [0.1, 0.15) is 25.8 Å². The third-order valence-electron chi connectivity index (χ3n) is 2.75. The average molecular weight is 234 g/mol. The smallest absolute Gasteiger partial charge is 0.228 e. The van der Waals surface area contributed by atoms with Crippen LogP contribution >= 0.6 is 0 Å². The van der Waals surface area contributed by atoms with Crippen LogP contribution in [0.25, 0.3) is 0 Å². The van der Waals surface area contributed by atoms with Gasteiger partial charge in [-0.1, -0.05) is 38.5 Å². The number of carbonyl (C=O) groups excluding carboxylic acids is 1. The molecule has 0 radical (unpaired) electrons. The molecule has 94 valence electrons. The Bertz CT molecular complexity index is 363. The van der Waals surface area contributed by atoms with Crippen molar-refractivity contribution >= 4 is 11.6 Å². The van der Waals surface area contributed by atoms with Gasteiger partial charge in [0.2, 0.25) is 5.91 Å². The fourth-order valence-corrected chi connectivity index (χ4v) is 1.78. The van der Waals surface area contributed by atoms with Gasteiger partial charge in [-0.05, 0) is 25.1 Å². The monoisotopic (exact) mass is 234 g/mol. The van der Waals surface area contributed by atoms with Gasteiger partial charge in [0.1, 0.15) is 0 Å². The zero-order chi connectivity index (χ0) is 12.7. The maximum absolute atomic E-state index is 11.9. The van der Waals surface area contributed by atoms with Crippen molar-refractivity contribution in [1.82, 2.24) is 5.32 Å². The number of carbonyl (C=O) groups is 1. The Morgan fingerprint density at radius 1 is 1.35 bits per heavy atom. The predicted molar refractivity (Wildman–Crippen MR) is 72.2 cm³/mol. The Hall–Kier alpha value is -1.35. The van der Waals surface area contributed by atoms with E-state index in [0.717, 1.165) is 18.5 Å². The van der Waals surface area contributed by atoms with Crippen molar-refractivity contribution in [2.45, 2.75) is 26.7 Å². The maximum atomic E-state index is 11.9. The van der Waals surface area contributed by atoms with Crippen LogP contribution in [0.4, 0.5) is 5.69 Å². The molecular formula is C14H22N2O. The summed E-state index contributed by atoms with van der Waals surface area (Å²) in [4.78, 5) is 11.9. The van der Waals surface area contributed by atoms with Crippen LogP contribution in [0.2, 0.25) is 0 Å². The Morgan fingerprint density at radius 3 is 2.71 bits per heavy atom. The second-order valence-electron chi connectivity index (χ2n) is 4.36. The molecule has 1 aromatic rings. The first kappa shape index (κ1) is 13.7. The van der Waals surface area contributed by atoms with Gasteiger partial charge in [0.15, 0.2) is 0 Å². The molecule has 0 saturated heterocycles. The molecule has 0 heterocycles. The molecule has 1 rings (SSSR count). The highest BCUT2D eigenvalue weighted by Gasteiger charge is 2.13. The van der Waals surface area contributed by atoms with E-state index in [-0.39, 0.29) is 11.8 Å². The molecule has 2 N–H and O–H groups in total. The minimum atomic E-state index is -0.0188. The van der Waals surface area contributed by atoms with Crippen LogP contribution in [0.15, 0.2) is 24.3 Å². The van der Waals surface area contributed by atoms with Gasteiger partial charge < -0.3 is 10.6 Å². The lowest BCUT2D eigenvalue weighted by Crippen LogP contribution is -2.28. The number of nitrogens with one attached hydrogen (secondary N) is 2. The molecule has 0 aliphatic rings. The first-order chi connectivity index (χ1) is 8.19. The van der Waals surface area contributed by atoms with Crippen LogP contribution < -0.4 is 10.6 Å². The van der Waals surface area contributed by atoms with Crippen LogP contribution in [0.3, 0.4) is 0 Å². The summed E-state index contributed by atoms with van der Waals surface area (Å²) >= 11 is 0. The number of amides is 1. The molecule has 0 aromatic heterocycles. The second-order valence-corrected chi connectivity index (χ2v) is 4.36. The maximum Gasteiger partial charge on any atom is 0.228 e. The molecule has 17 heavy (non-hydrogen) atoms. The second kappa shape index (κ2) is 7.07. The van der Waals surface area contributed by atoms with Crippen molar-refractivity contribution in [3.05, 3.63) is 29.8 Å². The molecule has 1 amide bonds. The summed E-state index contributed by atoms with van der Waals surface area (Å²) in [5.74, 6) is 0.0533. The Morgan fingerprint density at radius 2 is 2.06 bits per heavy atom. The number of anilines is 1. The number of hydrogen-bond donors (Lipinski definition) is 2. The van der Waals surface area contributed by atoms with E-state index in [0.29, 0.717) is 6.54 Å². The molecule has 0 saturated carbocycles. The predicted octanol–water partition coefficient (Wildman–Crippen LogP) is 2.43. The van der Waals surface area contributed by atoms with E-state index in [1.807, 2.05) is 32.2 Å². The normalized spacial score (nSPS) is 12.2. The van der Waals surface area contributed by atoms with E-state index in [1.54, 1.807) is 0 Å². The van der Waals surface area contributed by atoms with E-state index in [4.69, 9.17) is 0 Å². The topological polar surface area (TPSA) is 41.1 Å². The Kier molecular flexibility index (Phi) is 5.70. The molecule has 1 aromatic carbocycles. The number of rotatable bonds is 6. The largest absolute Gasteiger partial charge is 0.326 e. The number of hydrogen-bond acceptors (Lipinski definition) is 2. The van der Waals surface area contributed by atoms with Gasteiger partial charge in [-0.25, -0.2) is 0 Å². The van der Waals surface area contributed by atoms with Gasteiger partial charge in [0, 0.05) is 18.2 Å². The summed E-state index contributed by atoms with van der Waals surface area (Å²) in [6.07, 6.45) is 2.08. The van der Waals surface area contributed by atoms with Crippen molar-refractivity contribution in [1.29, 1.82) is 0 Å². The van der Waals surface area contributed by atoms with E-state index >= 15 is 0 Å². The minimum Gasteiger partial charge on any atom is -0.326 e. The Labute approximate surface area is 104 Å². The van der Waals surface area contributed by atoms with Crippen molar-refractivity contribution in [3.63, 3.8) is 0 Å². The van der Waals surface area contributed by atoms with Gasteiger partial charge in [0.25, 0.3) is 0 Å². The molecular weight excluding hydrogens is 212 g/mol. The molecule has 0 fully saturated rings. The van der Waals surface area contributed by atoms with Gasteiger partial charge in [0.05, 0.1) is 0 Å². The highest BCUT2D eigenvalue weighted by molar-refractivity contribution is 5.93. The van der Waals surface area contributed by atoms with Crippen molar-refractivity contribution in [2.24, 2.45) is 5.92 Å². The Balaban J connectivity index is 2.70. The molecule has 3 heteroatoms. The van der Waals surface area contributed by atoms with E-state index in [9.17, 15) is 4.79 Å². The summed E-state index contributed by atoms with van der Waals surface area (Å²) in [5, 5.41) is 6.01. The lowest BCUT2D eigenvalue weighted by Gasteiger charge is -2.14. The zero-order valence-electron chi connectivity index (χ0n) is 10.9. The van der Waals surface area contributed by atoms with E-state index in [1.165, 1.54) is 5.56 Å². The molecule has 1 unspecified atom stereocenters. The molecule has 0 aliphatic carbocycles. The summed E-state index contributed by atoms with van der Waals surface area (Å²) in [6.45, 7) is 4.76. The first-order valence-corrected chi connectivity index (χ1v) is 6.22.